The van der Waals surface area contributed by atoms with Crippen molar-refractivity contribution in [3.05, 3.63) is 58.7 Å². The van der Waals surface area contributed by atoms with Crippen LogP contribution < -0.4 is 0 Å². The molecule has 5 unspecified atom stereocenters. The molecule has 0 amide bonds. The Labute approximate surface area is 290 Å². The fourth-order valence-electron chi connectivity index (χ4n) is 6.02. The zero-order valence-corrected chi connectivity index (χ0v) is 31.2. The smallest absolute Gasteiger partial charge is 0.331 e. The van der Waals surface area contributed by atoms with E-state index in [1.165, 1.54) is 30.1 Å². The van der Waals surface area contributed by atoms with Crippen LogP contribution in [0.15, 0.2) is 58.7 Å². The van der Waals surface area contributed by atoms with Crippen molar-refractivity contribution in [3.8, 4) is 0 Å². The van der Waals surface area contributed by atoms with Crippen molar-refractivity contribution in [3.63, 3.8) is 0 Å². The molecule has 1 aliphatic carbocycles. The minimum absolute atomic E-state index is 0.0545. The van der Waals surface area contributed by atoms with Crippen LogP contribution in [0.5, 0.6) is 0 Å². The minimum Gasteiger partial charge on any atom is -0.462 e. The van der Waals surface area contributed by atoms with Gasteiger partial charge in [-0.25, -0.2) is 4.79 Å². The van der Waals surface area contributed by atoms with Gasteiger partial charge in [-0.15, -0.1) is 0 Å². The van der Waals surface area contributed by atoms with E-state index in [0.29, 0.717) is 31.3 Å². The number of carbonyl (C=O) groups is 3. The molecular weight excluding hydrogens is 608 g/mol. The van der Waals surface area contributed by atoms with Crippen molar-refractivity contribution < 1.29 is 38.8 Å². The molecule has 8 heteroatoms. The fourth-order valence-corrected chi connectivity index (χ4v) is 6.02. The third kappa shape index (κ3) is 18.0. The number of carbonyl (C=O) groups excluding carboxylic acids is 3. The Morgan fingerprint density at radius 1 is 0.833 bits per heavy atom. The summed E-state index contributed by atoms with van der Waals surface area (Å²) in [4.78, 5) is 37.4. The van der Waals surface area contributed by atoms with Gasteiger partial charge in [-0.05, 0) is 82.8 Å². The molecule has 48 heavy (non-hydrogen) atoms. The van der Waals surface area contributed by atoms with E-state index >= 15 is 0 Å². The third-order valence-corrected chi connectivity index (χ3v) is 8.56. The normalized spacial score (nSPS) is 18.8. The topological polar surface area (TPSA) is 119 Å². The Hall–Kier alpha value is -2.97. The van der Waals surface area contributed by atoms with E-state index < -0.39 is 42.5 Å². The molecule has 0 spiro atoms. The first-order chi connectivity index (χ1) is 22.6. The van der Waals surface area contributed by atoms with Gasteiger partial charge in [-0.1, -0.05) is 76.1 Å². The second-order valence-electron chi connectivity index (χ2n) is 14.1. The number of hydrogen-bond acceptors (Lipinski definition) is 8. The first-order valence-electron chi connectivity index (χ1n) is 18.0. The number of aliphatic hydroxyl groups is 2. The molecule has 0 saturated heterocycles. The number of ether oxygens (including phenoxy) is 3. The molecule has 272 valence electrons. The van der Waals surface area contributed by atoms with Crippen LogP contribution in [0.25, 0.3) is 0 Å². The lowest BCUT2D eigenvalue weighted by Gasteiger charge is -2.32. The van der Waals surface area contributed by atoms with Crippen LogP contribution in [0.2, 0.25) is 0 Å². The van der Waals surface area contributed by atoms with Crippen LogP contribution in [0, 0.1) is 5.41 Å². The molecule has 0 radical (unpaired) electrons. The van der Waals surface area contributed by atoms with E-state index in [-0.39, 0.29) is 43.5 Å². The molecule has 8 nitrogen and oxygen atoms in total. The molecule has 1 aliphatic rings. The van der Waals surface area contributed by atoms with Gasteiger partial charge in [-0.2, -0.15) is 0 Å². The third-order valence-electron chi connectivity index (χ3n) is 8.56. The maximum Gasteiger partial charge on any atom is 0.331 e. The number of esters is 3. The SMILES string of the molecule is CCCC(=O)OC(CC)CC(O)CC(CC(CC(C)O)OC(=O)CCC)OC(=O)/C=C(C)/C=C/C=C(C)/C=C/C1=C(C)CCCC1(C)C. The van der Waals surface area contributed by atoms with Gasteiger partial charge in [0.05, 0.1) is 12.2 Å². The van der Waals surface area contributed by atoms with Crippen molar-refractivity contribution >= 4 is 17.9 Å². The summed E-state index contributed by atoms with van der Waals surface area (Å²) in [5.74, 6) is -1.29. The van der Waals surface area contributed by atoms with Crippen LogP contribution >= 0.6 is 0 Å². The van der Waals surface area contributed by atoms with Crippen molar-refractivity contribution in [2.45, 2.75) is 170 Å². The number of hydrogen-bond donors (Lipinski definition) is 2. The lowest BCUT2D eigenvalue weighted by atomic mass is 9.72. The zero-order chi connectivity index (χ0) is 36.3. The van der Waals surface area contributed by atoms with E-state index in [0.717, 1.165) is 12.0 Å². The Balaban J connectivity index is 3.06. The first kappa shape index (κ1) is 43.1. The lowest BCUT2D eigenvalue weighted by Crippen LogP contribution is -2.33. The van der Waals surface area contributed by atoms with Gasteiger partial charge in [0, 0.05) is 44.6 Å². The van der Waals surface area contributed by atoms with Crippen molar-refractivity contribution in [2.75, 3.05) is 0 Å². The molecular formula is C40H64O8. The second-order valence-corrected chi connectivity index (χ2v) is 14.1. The summed E-state index contributed by atoms with van der Waals surface area (Å²) in [5, 5.41) is 21.0. The highest BCUT2D eigenvalue weighted by Crippen LogP contribution is 2.40. The van der Waals surface area contributed by atoms with Crippen LogP contribution in [0.1, 0.15) is 139 Å². The van der Waals surface area contributed by atoms with E-state index in [1.807, 2.05) is 45.9 Å². The summed E-state index contributed by atoms with van der Waals surface area (Å²) in [6.45, 7) is 17.9. The predicted octanol–water partition coefficient (Wildman–Crippen LogP) is 8.57. The van der Waals surface area contributed by atoms with Gasteiger partial charge >= 0.3 is 17.9 Å². The van der Waals surface area contributed by atoms with E-state index in [9.17, 15) is 24.6 Å². The molecule has 1 rings (SSSR count). The number of allylic oxidation sites excluding steroid dienone is 9. The minimum atomic E-state index is -0.939. The average Bonchev–Trinajstić information content (AvgIpc) is 2.95. The molecule has 0 saturated carbocycles. The molecule has 0 aliphatic heterocycles. The highest BCUT2D eigenvalue weighted by Gasteiger charge is 2.28. The van der Waals surface area contributed by atoms with Crippen molar-refractivity contribution in [1.82, 2.24) is 0 Å². The molecule has 2 N–H and O–H groups in total. The van der Waals surface area contributed by atoms with Crippen molar-refractivity contribution in [1.29, 1.82) is 0 Å². The highest BCUT2D eigenvalue weighted by molar-refractivity contribution is 5.83. The van der Waals surface area contributed by atoms with E-state index in [4.69, 9.17) is 14.2 Å². The van der Waals surface area contributed by atoms with Crippen molar-refractivity contribution in [2.24, 2.45) is 5.41 Å². The van der Waals surface area contributed by atoms with Gasteiger partial charge in [0.1, 0.15) is 18.3 Å². The van der Waals surface area contributed by atoms with Crippen LogP contribution in [-0.2, 0) is 28.6 Å². The van der Waals surface area contributed by atoms with Crippen LogP contribution in [-0.4, -0.2) is 58.6 Å². The van der Waals surface area contributed by atoms with Crippen LogP contribution in [0.4, 0.5) is 0 Å². The monoisotopic (exact) mass is 672 g/mol. The highest BCUT2D eigenvalue weighted by atomic mass is 16.6. The molecule has 5 atom stereocenters. The van der Waals surface area contributed by atoms with Crippen LogP contribution in [0.3, 0.4) is 0 Å². The van der Waals surface area contributed by atoms with Gasteiger partial charge in [0.15, 0.2) is 0 Å². The average molecular weight is 673 g/mol. The molecule has 0 heterocycles. The van der Waals surface area contributed by atoms with Gasteiger partial charge in [0.25, 0.3) is 0 Å². The maximum atomic E-state index is 13.1. The number of rotatable bonds is 21. The lowest BCUT2D eigenvalue weighted by molar-refractivity contribution is -0.155. The zero-order valence-electron chi connectivity index (χ0n) is 31.2. The summed E-state index contributed by atoms with van der Waals surface area (Å²) in [5.41, 5.74) is 4.80. The number of aliphatic hydroxyl groups excluding tert-OH is 2. The Bertz CT molecular complexity index is 1170. The summed E-state index contributed by atoms with van der Waals surface area (Å²) < 4.78 is 17.0. The molecule has 0 aromatic carbocycles. The largest absolute Gasteiger partial charge is 0.462 e. The maximum absolute atomic E-state index is 13.1. The summed E-state index contributed by atoms with van der Waals surface area (Å²) in [6.07, 6.45) is 14.2. The predicted molar refractivity (Wildman–Crippen MR) is 192 cm³/mol. The Kier molecular flexibility index (Phi) is 20.3. The Morgan fingerprint density at radius 2 is 1.42 bits per heavy atom. The molecule has 0 fully saturated rings. The molecule has 0 aromatic heterocycles. The van der Waals surface area contributed by atoms with Gasteiger partial charge in [-0.3, -0.25) is 9.59 Å². The van der Waals surface area contributed by atoms with E-state index in [2.05, 4.69) is 32.9 Å². The summed E-state index contributed by atoms with van der Waals surface area (Å²) in [7, 11) is 0. The first-order valence-corrected chi connectivity index (χ1v) is 18.0. The van der Waals surface area contributed by atoms with Gasteiger partial charge in [0.2, 0.25) is 0 Å². The van der Waals surface area contributed by atoms with Gasteiger partial charge < -0.3 is 24.4 Å². The Morgan fingerprint density at radius 3 is 1.98 bits per heavy atom. The molecule has 0 bridgehead atoms. The quantitative estimate of drug-likeness (QED) is 0.0539. The summed E-state index contributed by atoms with van der Waals surface area (Å²) >= 11 is 0. The summed E-state index contributed by atoms with van der Waals surface area (Å²) in [6, 6.07) is 0. The fraction of sp³-hybridized carbons (Fsp3) is 0.675. The van der Waals surface area contributed by atoms with E-state index in [1.54, 1.807) is 13.8 Å². The molecule has 0 aromatic rings. The standard InChI is InChI=1S/C40H64O8/c1-10-15-37(43)46-33(12-3)25-32(42)26-35(27-34(24-31(7)41)47-38(44)16-11-2)48-39(45)23-29(5)18-13-17-28(4)20-21-36-30(6)19-14-22-40(36,8)9/h13,17-18,20-21,23,31-35,41-42H,10-12,14-16,19,22,24-27H2,1-9H3/b18-13+,21-20+,28-17+,29-23+. The second kappa shape index (κ2) is 22.6.